The van der Waals surface area contributed by atoms with Crippen LogP contribution in [0.1, 0.15) is 31.4 Å². The van der Waals surface area contributed by atoms with Crippen molar-refractivity contribution in [3.63, 3.8) is 0 Å². The highest BCUT2D eigenvalue weighted by atomic mass is 32.2. The first-order chi connectivity index (χ1) is 14.7. The Morgan fingerprint density at radius 2 is 1.97 bits per heavy atom. The first-order valence-electron chi connectivity index (χ1n) is 10.1. The van der Waals surface area contributed by atoms with Crippen LogP contribution in [0.15, 0.2) is 59.8 Å². The van der Waals surface area contributed by atoms with Gasteiger partial charge >= 0.3 is 0 Å². The van der Waals surface area contributed by atoms with Gasteiger partial charge in [0.2, 0.25) is 11.1 Å². The second-order valence-corrected chi connectivity index (χ2v) is 8.29. The number of nitrogens with zero attached hydrogens (tertiary/aromatic N) is 4. The van der Waals surface area contributed by atoms with Crippen molar-refractivity contribution in [1.82, 2.24) is 25.5 Å². The van der Waals surface area contributed by atoms with Crippen LogP contribution in [-0.4, -0.2) is 44.6 Å². The number of nitrogens with one attached hydrogen (secondary N) is 1. The lowest BCUT2D eigenvalue weighted by atomic mass is 10.0. The summed E-state index contributed by atoms with van der Waals surface area (Å²) in [5, 5.41) is 15.5. The van der Waals surface area contributed by atoms with E-state index in [0.29, 0.717) is 11.7 Å². The summed E-state index contributed by atoms with van der Waals surface area (Å²) in [5.41, 5.74) is 3.40. The fourth-order valence-corrected chi connectivity index (χ4v) is 4.18. The molecule has 2 atom stereocenters. The van der Waals surface area contributed by atoms with Crippen molar-refractivity contribution in [1.29, 1.82) is 0 Å². The molecule has 4 rings (SSSR count). The van der Waals surface area contributed by atoms with Gasteiger partial charge in [0.05, 0.1) is 24.4 Å². The Kier molecular flexibility index (Phi) is 6.76. The van der Waals surface area contributed by atoms with Gasteiger partial charge in [0, 0.05) is 6.61 Å². The molecular formula is C22H25N5O2S. The molecule has 1 aromatic heterocycles. The van der Waals surface area contributed by atoms with Crippen LogP contribution >= 0.6 is 11.8 Å². The van der Waals surface area contributed by atoms with Crippen molar-refractivity contribution >= 4 is 17.7 Å². The fourth-order valence-electron chi connectivity index (χ4n) is 3.49. The van der Waals surface area contributed by atoms with Crippen molar-refractivity contribution in [2.75, 3.05) is 12.4 Å². The lowest BCUT2D eigenvalue weighted by molar-refractivity contribution is -0.119. The average molecular weight is 424 g/mol. The van der Waals surface area contributed by atoms with E-state index < -0.39 is 0 Å². The maximum Gasteiger partial charge on any atom is 0.230 e. The van der Waals surface area contributed by atoms with Crippen molar-refractivity contribution in [2.45, 2.75) is 43.6 Å². The van der Waals surface area contributed by atoms with Crippen LogP contribution in [0.5, 0.6) is 0 Å². The Balaban J connectivity index is 1.28. The van der Waals surface area contributed by atoms with Gasteiger partial charge in [-0.05, 0) is 46.9 Å². The van der Waals surface area contributed by atoms with Gasteiger partial charge in [-0.1, -0.05) is 66.4 Å². The highest BCUT2D eigenvalue weighted by Crippen LogP contribution is 2.22. The van der Waals surface area contributed by atoms with Crippen LogP contribution in [-0.2, 0) is 16.1 Å². The molecule has 0 radical (unpaired) electrons. The van der Waals surface area contributed by atoms with E-state index >= 15 is 0 Å². The minimum atomic E-state index is -0.0780. The lowest BCUT2D eigenvalue weighted by Gasteiger charge is -2.15. The van der Waals surface area contributed by atoms with Gasteiger partial charge in [-0.15, -0.1) is 5.10 Å². The number of hydrogen-bond acceptors (Lipinski definition) is 6. The molecule has 7 nitrogen and oxygen atoms in total. The van der Waals surface area contributed by atoms with Gasteiger partial charge in [0.15, 0.2) is 0 Å². The molecule has 1 fully saturated rings. The van der Waals surface area contributed by atoms with Gasteiger partial charge in [0.25, 0.3) is 0 Å². The molecule has 8 heteroatoms. The highest BCUT2D eigenvalue weighted by Gasteiger charge is 2.19. The molecule has 30 heavy (non-hydrogen) atoms. The normalized spacial score (nSPS) is 17.0. The molecule has 1 aliphatic heterocycles. The SMILES string of the molecule is C[C@H](NC(=O)CSc1nnnn1C[C@@H]1CCCO1)c1ccc(-c2ccccc2)cc1. The maximum atomic E-state index is 12.4. The van der Waals surface area contributed by atoms with Crippen molar-refractivity contribution < 1.29 is 9.53 Å². The van der Waals surface area contributed by atoms with Crippen molar-refractivity contribution in [2.24, 2.45) is 0 Å². The molecule has 0 spiro atoms. The maximum absolute atomic E-state index is 12.4. The van der Waals surface area contributed by atoms with Gasteiger partial charge in [-0.25, -0.2) is 4.68 Å². The Morgan fingerprint density at radius 1 is 1.20 bits per heavy atom. The van der Waals surface area contributed by atoms with E-state index in [2.05, 4.69) is 57.2 Å². The zero-order valence-electron chi connectivity index (χ0n) is 16.9. The van der Waals surface area contributed by atoms with Crippen LogP contribution in [0.3, 0.4) is 0 Å². The summed E-state index contributed by atoms with van der Waals surface area (Å²) >= 11 is 1.34. The lowest BCUT2D eigenvalue weighted by Crippen LogP contribution is -2.28. The third-order valence-electron chi connectivity index (χ3n) is 5.13. The number of aromatic nitrogens is 4. The van der Waals surface area contributed by atoms with Crippen LogP contribution in [0.4, 0.5) is 0 Å². The third kappa shape index (κ3) is 5.25. The Hall–Kier alpha value is -2.71. The van der Waals surface area contributed by atoms with E-state index in [-0.39, 0.29) is 23.8 Å². The quantitative estimate of drug-likeness (QED) is 0.559. The second-order valence-electron chi connectivity index (χ2n) is 7.34. The molecule has 1 amide bonds. The topological polar surface area (TPSA) is 81.9 Å². The van der Waals surface area contributed by atoms with E-state index in [1.807, 2.05) is 25.1 Å². The summed E-state index contributed by atoms with van der Waals surface area (Å²) in [7, 11) is 0. The standard InChI is InChI=1S/C22H25N5O2S/c1-16(17-9-11-19(12-10-17)18-6-3-2-4-7-18)23-21(28)15-30-22-24-25-26-27(22)14-20-8-5-13-29-20/h2-4,6-7,9-12,16,20H,5,8,13-15H2,1H3,(H,23,28)/t16-,20-/m0/s1. The molecule has 0 unspecified atom stereocenters. The van der Waals surface area contributed by atoms with E-state index in [4.69, 9.17) is 4.74 Å². The van der Waals surface area contributed by atoms with Gasteiger partial charge in [-0.3, -0.25) is 4.79 Å². The summed E-state index contributed by atoms with van der Waals surface area (Å²) in [6.45, 7) is 3.41. The molecule has 0 saturated carbocycles. The summed E-state index contributed by atoms with van der Waals surface area (Å²) < 4.78 is 7.36. The zero-order chi connectivity index (χ0) is 20.8. The number of thioether (sulfide) groups is 1. The third-order valence-corrected chi connectivity index (χ3v) is 6.08. The van der Waals surface area contributed by atoms with Gasteiger partial charge < -0.3 is 10.1 Å². The van der Waals surface area contributed by atoms with E-state index in [0.717, 1.165) is 30.6 Å². The van der Waals surface area contributed by atoms with Crippen molar-refractivity contribution in [3.8, 4) is 11.1 Å². The predicted molar refractivity (Wildman–Crippen MR) is 116 cm³/mol. The molecule has 156 valence electrons. The number of ether oxygens (including phenoxy) is 1. The molecular weight excluding hydrogens is 398 g/mol. The van der Waals surface area contributed by atoms with Crippen LogP contribution < -0.4 is 5.32 Å². The molecule has 1 aliphatic rings. The Morgan fingerprint density at radius 3 is 2.70 bits per heavy atom. The second kappa shape index (κ2) is 9.86. The largest absolute Gasteiger partial charge is 0.376 e. The predicted octanol–water partition coefficient (Wildman–Crippen LogP) is 3.49. The fraction of sp³-hybridized carbons (Fsp3) is 0.364. The number of rotatable bonds is 8. The van der Waals surface area contributed by atoms with Gasteiger partial charge in [0.1, 0.15) is 0 Å². The van der Waals surface area contributed by atoms with E-state index in [1.54, 1.807) is 4.68 Å². The minimum absolute atomic E-state index is 0.0497. The molecule has 1 saturated heterocycles. The monoisotopic (exact) mass is 423 g/mol. The average Bonchev–Trinajstić information content (AvgIpc) is 3.45. The number of benzene rings is 2. The van der Waals surface area contributed by atoms with Crippen LogP contribution in [0, 0.1) is 0 Å². The van der Waals surface area contributed by atoms with Crippen LogP contribution in [0.25, 0.3) is 11.1 Å². The Bertz CT molecular complexity index is 955. The highest BCUT2D eigenvalue weighted by molar-refractivity contribution is 7.99. The number of amides is 1. The zero-order valence-corrected chi connectivity index (χ0v) is 17.7. The number of carbonyl (C=O) groups excluding carboxylic acids is 1. The summed E-state index contributed by atoms with van der Waals surface area (Å²) in [6.07, 6.45) is 2.24. The first kappa shape index (κ1) is 20.6. The number of tetrazole rings is 1. The summed E-state index contributed by atoms with van der Waals surface area (Å²) in [4.78, 5) is 12.4. The Labute approximate surface area is 180 Å². The first-order valence-corrected chi connectivity index (χ1v) is 11.1. The summed E-state index contributed by atoms with van der Waals surface area (Å²) in [5.74, 6) is 0.213. The smallest absolute Gasteiger partial charge is 0.230 e. The van der Waals surface area contributed by atoms with Crippen LogP contribution in [0.2, 0.25) is 0 Å². The molecule has 0 aliphatic carbocycles. The van der Waals surface area contributed by atoms with E-state index in [9.17, 15) is 4.79 Å². The van der Waals surface area contributed by atoms with Gasteiger partial charge in [-0.2, -0.15) is 0 Å². The minimum Gasteiger partial charge on any atom is -0.376 e. The molecule has 1 N–H and O–H groups in total. The van der Waals surface area contributed by atoms with Crippen molar-refractivity contribution in [3.05, 3.63) is 60.2 Å². The number of hydrogen-bond donors (Lipinski definition) is 1. The molecule has 2 heterocycles. The molecule has 3 aromatic rings. The van der Waals surface area contributed by atoms with E-state index in [1.165, 1.54) is 17.3 Å². The number of carbonyl (C=O) groups is 1. The molecule has 2 aromatic carbocycles. The molecule has 0 bridgehead atoms. The summed E-state index contributed by atoms with van der Waals surface area (Å²) in [6, 6.07) is 18.4.